The topological polar surface area (TPSA) is 77.9 Å². The molecule has 0 radical (unpaired) electrons. The van der Waals surface area contributed by atoms with E-state index in [1.807, 2.05) is 24.3 Å². The third-order valence-corrected chi connectivity index (χ3v) is 7.44. The van der Waals surface area contributed by atoms with E-state index in [0.717, 1.165) is 47.7 Å². The molecule has 4 heterocycles. The van der Waals surface area contributed by atoms with Crippen LogP contribution in [0.25, 0.3) is 16.7 Å². The molecule has 0 aliphatic carbocycles. The lowest BCUT2D eigenvalue weighted by molar-refractivity contribution is -0.126. The molecule has 10 heteroatoms. The van der Waals surface area contributed by atoms with E-state index in [9.17, 15) is 4.79 Å². The predicted molar refractivity (Wildman–Crippen MR) is 130 cm³/mol. The molecule has 178 valence electrons. The zero-order valence-corrected chi connectivity index (χ0v) is 19.9. The molecule has 1 aromatic heterocycles. The smallest absolute Gasteiger partial charge is 0.231 e. The highest BCUT2D eigenvalue weighted by molar-refractivity contribution is 6.42. The Morgan fingerprint density at radius 3 is 2.62 bits per heavy atom. The molecular weight excluding hydrogens is 479 g/mol. The van der Waals surface area contributed by atoms with Gasteiger partial charge in [-0.15, -0.1) is 0 Å². The number of rotatable bonds is 4. The fourth-order valence-electron chi connectivity index (χ4n) is 4.86. The number of piperidine rings is 1. The molecule has 3 aliphatic heterocycles. The van der Waals surface area contributed by atoms with Crippen LogP contribution in [0, 0.1) is 5.92 Å². The van der Waals surface area contributed by atoms with Crippen molar-refractivity contribution < 1.29 is 19.0 Å². The minimum Gasteiger partial charge on any atom is -0.454 e. The Morgan fingerprint density at radius 2 is 1.82 bits per heavy atom. The molecule has 2 fully saturated rings. The molecule has 3 aromatic rings. The van der Waals surface area contributed by atoms with Crippen molar-refractivity contribution in [3.63, 3.8) is 0 Å². The summed E-state index contributed by atoms with van der Waals surface area (Å²) in [5, 5.41) is 4.07. The summed E-state index contributed by atoms with van der Waals surface area (Å²) in [7, 11) is 0. The number of carbonyl (C=O) groups excluding carboxylic acids is 1. The van der Waals surface area contributed by atoms with Crippen molar-refractivity contribution in [1.29, 1.82) is 0 Å². The monoisotopic (exact) mass is 502 g/mol. The summed E-state index contributed by atoms with van der Waals surface area (Å²) < 4.78 is 18.5. The van der Waals surface area contributed by atoms with Gasteiger partial charge in [0.25, 0.3) is 0 Å². The van der Waals surface area contributed by atoms with Crippen LogP contribution in [-0.2, 0) is 9.53 Å². The lowest BCUT2D eigenvalue weighted by Crippen LogP contribution is -2.44. The highest BCUT2D eigenvalue weighted by Crippen LogP contribution is 2.38. The summed E-state index contributed by atoms with van der Waals surface area (Å²) in [4.78, 5) is 19.9. The van der Waals surface area contributed by atoms with Crippen LogP contribution < -0.4 is 19.7 Å². The van der Waals surface area contributed by atoms with Gasteiger partial charge in [0.15, 0.2) is 11.5 Å². The summed E-state index contributed by atoms with van der Waals surface area (Å²) in [5.74, 6) is 2.31. The first-order valence-corrected chi connectivity index (χ1v) is 12.2. The molecule has 6 rings (SSSR count). The molecule has 0 saturated carbocycles. The number of halogens is 2. The number of imidazole rings is 1. The lowest BCUT2D eigenvalue weighted by Gasteiger charge is -2.32. The van der Waals surface area contributed by atoms with Crippen molar-refractivity contribution in [1.82, 2.24) is 14.9 Å². The molecule has 1 atom stereocenters. The number of hydrogen-bond acceptors (Lipinski definition) is 6. The number of carbonyl (C=O) groups is 1. The van der Waals surface area contributed by atoms with Gasteiger partial charge >= 0.3 is 0 Å². The molecule has 34 heavy (non-hydrogen) atoms. The van der Waals surface area contributed by atoms with Gasteiger partial charge in [-0.25, -0.2) is 4.98 Å². The van der Waals surface area contributed by atoms with Crippen molar-refractivity contribution >= 4 is 46.1 Å². The van der Waals surface area contributed by atoms with E-state index < -0.39 is 0 Å². The van der Waals surface area contributed by atoms with Gasteiger partial charge in [0.2, 0.25) is 18.6 Å². The van der Waals surface area contributed by atoms with Gasteiger partial charge in [-0.05, 0) is 43.5 Å². The van der Waals surface area contributed by atoms with Crippen LogP contribution in [0.2, 0.25) is 10.0 Å². The van der Waals surface area contributed by atoms with Gasteiger partial charge in [-0.2, -0.15) is 0 Å². The highest BCUT2D eigenvalue weighted by Gasteiger charge is 2.30. The molecule has 1 unspecified atom stereocenters. The van der Waals surface area contributed by atoms with E-state index in [1.54, 1.807) is 6.07 Å². The number of ether oxygens (including phenoxy) is 3. The van der Waals surface area contributed by atoms with Crippen LogP contribution in [0.1, 0.15) is 19.3 Å². The Hall–Kier alpha value is -2.68. The Labute approximate surface area is 206 Å². The van der Waals surface area contributed by atoms with Crippen LogP contribution in [-0.4, -0.2) is 54.6 Å². The van der Waals surface area contributed by atoms with Crippen molar-refractivity contribution in [3.8, 4) is 17.2 Å². The van der Waals surface area contributed by atoms with E-state index in [0.29, 0.717) is 42.1 Å². The second-order valence-electron chi connectivity index (χ2n) is 8.87. The number of nitrogens with one attached hydrogen (secondary N) is 1. The molecule has 1 N–H and O–H groups in total. The molecule has 0 spiro atoms. The zero-order chi connectivity index (χ0) is 23.2. The second kappa shape index (κ2) is 8.83. The molecule has 0 bridgehead atoms. The third-order valence-electron chi connectivity index (χ3n) is 6.72. The number of hydrogen-bond donors (Lipinski definition) is 1. The number of fused-ring (bicyclic) bond motifs is 2. The van der Waals surface area contributed by atoms with Crippen molar-refractivity contribution in [2.45, 2.75) is 25.3 Å². The standard InChI is InChI=1S/C24H24Cl2N4O4/c25-17-10-19-20(11-18(17)26)30(16-1-2-21-22(9-16)34-13-33-21)24(28-19)29-6-3-14(4-7-29)23(31)27-15-5-8-32-12-15/h1-2,9-11,14-15H,3-8,12-13H2,(H,27,31). The quantitative estimate of drug-likeness (QED) is 0.576. The first kappa shape index (κ1) is 21.8. The van der Waals surface area contributed by atoms with E-state index in [2.05, 4.69) is 14.8 Å². The van der Waals surface area contributed by atoms with Gasteiger partial charge in [0, 0.05) is 31.7 Å². The molecule has 2 saturated heterocycles. The maximum Gasteiger partial charge on any atom is 0.231 e. The number of anilines is 1. The van der Waals surface area contributed by atoms with Gasteiger partial charge < -0.3 is 24.4 Å². The van der Waals surface area contributed by atoms with Gasteiger partial charge in [-0.3, -0.25) is 9.36 Å². The SMILES string of the molecule is O=C(NC1CCOC1)C1CCN(c2nc3cc(Cl)c(Cl)cc3n2-c2ccc3c(c2)OCO3)CC1. The summed E-state index contributed by atoms with van der Waals surface area (Å²) in [6, 6.07) is 9.58. The zero-order valence-electron chi connectivity index (χ0n) is 18.4. The van der Waals surface area contributed by atoms with Crippen molar-refractivity contribution in [2.75, 3.05) is 38.0 Å². The molecule has 3 aliphatic rings. The first-order chi connectivity index (χ1) is 16.6. The fraction of sp³-hybridized carbons (Fsp3) is 0.417. The van der Waals surface area contributed by atoms with Crippen LogP contribution in [0.15, 0.2) is 30.3 Å². The average Bonchev–Trinajstić information content (AvgIpc) is 3.59. The molecule has 1 amide bonds. The van der Waals surface area contributed by atoms with Crippen LogP contribution in [0.4, 0.5) is 5.95 Å². The number of aromatic nitrogens is 2. The Kier molecular flexibility index (Phi) is 5.67. The summed E-state index contributed by atoms with van der Waals surface area (Å²) in [6.07, 6.45) is 2.39. The van der Waals surface area contributed by atoms with E-state index in [-0.39, 0.29) is 24.7 Å². The van der Waals surface area contributed by atoms with Crippen LogP contribution in [0.5, 0.6) is 11.5 Å². The van der Waals surface area contributed by atoms with Crippen molar-refractivity contribution in [3.05, 3.63) is 40.4 Å². The lowest BCUT2D eigenvalue weighted by atomic mass is 9.95. The first-order valence-electron chi connectivity index (χ1n) is 11.5. The number of benzene rings is 2. The molecule has 8 nitrogen and oxygen atoms in total. The van der Waals surface area contributed by atoms with Crippen molar-refractivity contribution in [2.24, 2.45) is 5.92 Å². The summed E-state index contributed by atoms with van der Waals surface area (Å²) >= 11 is 12.7. The maximum atomic E-state index is 12.7. The van der Waals surface area contributed by atoms with E-state index >= 15 is 0 Å². The minimum atomic E-state index is -0.0101. The van der Waals surface area contributed by atoms with E-state index in [4.69, 9.17) is 42.4 Å². The number of nitrogens with zero attached hydrogens (tertiary/aromatic N) is 3. The largest absolute Gasteiger partial charge is 0.454 e. The highest BCUT2D eigenvalue weighted by atomic mass is 35.5. The molecule has 2 aromatic carbocycles. The van der Waals surface area contributed by atoms with Gasteiger partial charge in [0.1, 0.15) is 0 Å². The second-order valence-corrected chi connectivity index (χ2v) is 9.68. The predicted octanol–water partition coefficient (Wildman–Crippen LogP) is 4.18. The average molecular weight is 503 g/mol. The van der Waals surface area contributed by atoms with E-state index in [1.165, 1.54) is 0 Å². The van der Waals surface area contributed by atoms with Crippen LogP contribution in [0.3, 0.4) is 0 Å². The molecular formula is C24H24Cl2N4O4. The Balaban J connectivity index is 1.30. The summed E-state index contributed by atoms with van der Waals surface area (Å²) in [6.45, 7) is 2.96. The fourth-order valence-corrected chi connectivity index (χ4v) is 5.18. The summed E-state index contributed by atoms with van der Waals surface area (Å²) in [5.41, 5.74) is 2.49. The maximum absolute atomic E-state index is 12.7. The Morgan fingerprint density at radius 1 is 1.03 bits per heavy atom. The minimum absolute atomic E-state index is 0.0101. The van der Waals surface area contributed by atoms with Gasteiger partial charge in [-0.1, -0.05) is 23.2 Å². The third kappa shape index (κ3) is 3.93. The Bertz CT molecular complexity index is 1250. The normalized spacial score (nSPS) is 20.3. The van der Waals surface area contributed by atoms with Gasteiger partial charge in [0.05, 0.1) is 39.4 Å². The number of amides is 1. The van der Waals surface area contributed by atoms with Crippen LogP contribution >= 0.6 is 23.2 Å².